The van der Waals surface area contributed by atoms with Crippen LogP contribution in [0, 0.1) is 20.8 Å². The van der Waals surface area contributed by atoms with Gasteiger partial charge in [0.25, 0.3) is 5.91 Å². The molecule has 0 saturated carbocycles. The van der Waals surface area contributed by atoms with Gasteiger partial charge in [0, 0.05) is 30.3 Å². The standard InChI is InChI=1S/C21H28N2O2/c1-14-9-10-18-19(13-15(2)22-20(18)16(14)3)21(25)23-11-5-4-7-17(23)8-6-12-24/h9-10,13,17,24H,4-8,11-12H2,1-3H3. The summed E-state index contributed by atoms with van der Waals surface area (Å²) in [5.41, 5.74) is 4.93. The fraction of sp³-hybridized carbons (Fsp3) is 0.524. The van der Waals surface area contributed by atoms with Crippen LogP contribution in [0.2, 0.25) is 0 Å². The van der Waals surface area contributed by atoms with Gasteiger partial charge in [-0.2, -0.15) is 0 Å². The van der Waals surface area contributed by atoms with Gasteiger partial charge in [-0.3, -0.25) is 9.78 Å². The minimum atomic E-state index is 0.112. The number of carbonyl (C=O) groups is 1. The van der Waals surface area contributed by atoms with Gasteiger partial charge < -0.3 is 10.0 Å². The van der Waals surface area contributed by atoms with Gasteiger partial charge in [-0.05, 0) is 70.1 Å². The van der Waals surface area contributed by atoms with Crippen LogP contribution in [-0.2, 0) is 0 Å². The highest BCUT2D eigenvalue weighted by atomic mass is 16.3. The van der Waals surface area contributed by atoms with Crippen molar-refractivity contribution in [2.24, 2.45) is 0 Å². The quantitative estimate of drug-likeness (QED) is 0.917. The van der Waals surface area contributed by atoms with Gasteiger partial charge in [-0.25, -0.2) is 0 Å². The van der Waals surface area contributed by atoms with Crippen LogP contribution in [0.15, 0.2) is 18.2 Å². The van der Waals surface area contributed by atoms with Crippen LogP contribution in [0.5, 0.6) is 0 Å². The Kier molecular flexibility index (Phi) is 5.38. The van der Waals surface area contributed by atoms with E-state index in [4.69, 9.17) is 5.11 Å². The van der Waals surface area contributed by atoms with Crippen LogP contribution in [0.1, 0.15) is 59.3 Å². The Labute approximate surface area is 149 Å². The summed E-state index contributed by atoms with van der Waals surface area (Å²) in [6.45, 7) is 7.10. The van der Waals surface area contributed by atoms with Crippen LogP contribution in [0.3, 0.4) is 0 Å². The molecule has 3 rings (SSSR count). The van der Waals surface area contributed by atoms with Crippen molar-refractivity contribution < 1.29 is 9.90 Å². The highest BCUT2D eigenvalue weighted by Gasteiger charge is 2.28. The van der Waals surface area contributed by atoms with Crippen molar-refractivity contribution in [2.45, 2.75) is 58.9 Å². The molecule has 25 heavy (non-hydrogen) atoms. The first-order valence-electron chi connectivity index (χ1n) is 9.32. The first kappa shape index (κ1) is 17.9. The zero-order valence-corrected chi connectivity index (χ0v) is 15.5. The van der Waals surface area contributed by atoms with Crippen molar-refractivity contribution in [2.75, 3.05) is 13.2 Å². The molecule has 0 aliphatic carbocycles. The highest BCUT2D eigenvalue weighted by molar-refractivity contribution is 6.07. The molecular formula is C21H28N2O2. The summed E-state index contributed by atoms with van der Waals surface area (Å²) in [4.78, 5) is 20.1. The monoisotopic (exact) mass is 340 g/mol. The van der Waals surface area contributed by atoms with E-state index >= 15 is 0 Å². The summed E-state index contributed by atoms with van der Waals surface area (Å²) >= 11 is 0. The number of aliphatic hydroxyl groups is 1. The SMILES string of the molecule is Cc1cc(C(=O)N2CCCCC2CCCO)c2ccc(C)c(C)c2n1. The maximum Gasteiger partial charge on any atom is 0.254 e. The van der Waals surface area contributed by atoms with Crippen molar-refractivity contribution in [1.29, 1.82) is 0 Å². The number of likely N-dealkylation sites (tertiary alicyclic amines) is 1. The summed E-state index contributed by atoms with van der Waals surface area (Å²) < 4.78 is 0. The van der Waals surface area contributed by atoms with Crippen molar-refractivity contribution in [1.82, 2.24) is 9.88 Å². The minimum Gasteiger partial charge on any atom is -0.396 e. The molecular weight excluding hydrogens is 312 g/mol. The number of aryl methyl sites for hydroxylation is 3. The van der Waals surface area contributed by atoms with Crippen LogP contribution >= 0.6 is 0 Å². The highest BCUT2D eigenvalue weighted by Crippen LogP contribution is 2.28. The van der Waals surface area contributed by atoms with Crippen LogP contribution < -0.4 is 0 Å². The normalized spacial score (nSPS) is 17.9. The Morgan fingerprint density at radius 3 is 2.84 bits per heavy atom. The average Bonchev–Trinajstić information content (AvgIpc) is 2.62. The fourth-order valence-corrected chi connectivity index (χ4v) is 3.88. The molecule has 1 fully saturated rings. The molecule has 0 radical (unpaired) electrons. The third-order valence-electron chi connectivity index (χ3n) is 5.45. The van der Waals surface area contributed by atoms with Gasteiger partial charge in [-0.15, -0.1) is 0 Å². The molecule has 0 bridgehead atoms. The number of carbonyl (C=O) groups excluding carboxylic acids is 1. The summed E-state index contributed by atoms with van der Waals surface area (Å²) in [7, 11) is 0. The van der Waals surface area contributed by atoms with E-state index in [1.54, 1.807) is 0 Å². The number of aromatic nitrogens is 1. The zero-order chi connectivity index (χ0) is 18.0. The largest absolute Gasteiger partial charge is 0.396 e. The maximum atomic E-state index is 13.4. The summed E-state index contributed by atoms with van der Waals surface area (Å²) in [6.07, 6.45) is 4.88. The van der Waals surface area contributed by atoms with E-state index in [0.717, 1.165) is 66.4 Å². The van der Waals surface area contributed by atoms with Gasteiger partial charge in [0.15, 0.2) is 0 Å². The van der Waals surface area contributed by atoms with E-state index in [9.17, 15) is 4.79 Å². The smallest absolute Gasteiger partial charge is 0.254 e. The van der Waals surface area contributed by atoms with E-state index in [1.807, 2.05) is 24.0 Å². The lowest BCUT2D eigenvalue weighted by Crippen LogP contribution is -2.44. The Bertz CT molecular complexity index is 785. The summed E-state index contributed by atoms with van der Waals surface area (Å²) in [5, 5.41) is 10.1. The van der Waals surface area contributed by atoms with Crippen molar-refractivity contribution in [3.05, 3.63) is 40.6 Å². The third kappa shape index (κ3) is 3.54. The van der Waals surface area contributed by atoms with Crippen molar-refractivity contribution in [3.8, 4) is 0 Å². The first-order chi connectivity index (χ1) is 12.0. The molecule has 4 heteroatoms. The van der Waals surface area contributed by atoms with Gasteiger partial charge in [0.05, 0.1) is 11.1 Å². The van der Waals surface area contributed by atoms with Crippen LogP contribution in [0.4, 0.5) is 0 Å². The fourth-order valence-electron chi connectivity index (χ4n) is 3.88. The summed E-state index contributed by atoms with van der Waals surface area (Å²) in [5.74, 6) is 0.112. The van der Waals surface area contributed by atoms with Gasteiger partial charge in [-0.1, -0.05) is 12.1 Å². The Balaban J connectivity index is 2.02. The predicted octanol–water partition coefficient (Wildman–Crippen LogP) is 3.93. The Hall–Kier alpha value is -1.94. The topological polar surface area (TPSA) is 53.4 Å². The Morgan fingerprint density at radius 2 is 2.08 bits per heavy atom. The number of fused-ring (bicyclic) bond motifs is 1. The van der Waals surface area contributed by atoms with E-state index in [-0.39, 0.29) is 18.6 Å². The molecule has 1 aliphatic heterocycles. The number of benzene rings is 1. The number of hydrogen-bond acceptors (Lipinski definition) is 3. The number of amides is 1. The zero-order valence-electron chi connectivity index (χ0n) is 15.5. The van der Waals surface area contributed by atoms with Gasteiger partial charge in [0.2, 0.25) is 0 Å². The lowest BCUT2D eigenvalue weighted by molar-refractivity contribution is 0.0592. The molecule has 1 saturated heterocycles. The van der Waals surface area contributed by atoms with Gasteiger partial charge >= 0.3 is 0 Å². The second kappa shape index (κ2) is 7.52. The molecule has 1 aromatic carbocycles. The van der Waals surface area contributed by atoms with E-state index in [1.165, 1.54) is 5.56 Å². The van der Waals surface area contributed by atoms with Crippen molar-refractivity contribution >= 4 is 16.8 Å². The number of aliphatic hydroxyl groups excluding tert-OH is 1. The molecule has 1 atom stereocenters. The van der Waals surface area contributed by atoms with Crippen LogP contribution in [0.25, 0.3) is 10.9 Å². The lowest BCUT2D eigenvalue weighted by Gasteiger charge is -2.36. The molecule has 4 nitrogen and oxygen atoms in total. The van der Waals surface area contributed by atoms with E-state index in [0.29, 0.717) is 0 Å². The maximum absolute atomic E-state index is 13.4. The van der Waals surface area contributed by atoms with Gasteiger partial charge in [0.1, 0.15) is 0 Å². The third-order valence-corrected chi connectivity index (χ3v) is 5.45. The Morgan fingerprint density at radius 1 is 1.28 bits per heavy atom. The molecule has 1 aliphatic rings. The summed E-state index contributed by atoms with van der Waals surface area (Å²) in [6, 6.07) is 6.27. The molecule has 1 unspecified atom stereocenters. The van der Waals surface area contributed by atoms with Crippen molar-refractivity contribution in [3.63, 3.8) is 0 Å². The number of pyridine rings is 1. The number of hydrogen-bond donors (Lipinski definition) is 1. The molecule has 1 N–H and O–H groups in total. The second-order valence-electron chi connectivity index (χ2n) is 7.23. The molecule has 2 heterocycles. The van der Waals surface area contributed by atoms with E-state index < -0.39 is 0 Å². The number of piperidine rings is 1. The number of rotatable bonds is 4. The average molecular weight is 340 g/mol. The molecule has 1 aromatic heterocycles. The van der Waals surface area contributed by atoms with Crippen LogP contribution in [-0.4, -0.2) is 40.1 Å². The minimum absolute atomic E-state index is 0.112. The molecule has 2 aromatic rings. The molecule has 0 spiro atoms. The lowest BCUT2D eigenvalue weighted by atomic mass is 9.95. The second-order valence-corrected chi connectivity index (χ2v) is 7.23. The molecule has 134 valence electrons. The first-order valence-corrected chi connectivity index (χ1v) is 9.32. The predicted molar refractivity (Wildman–Crippen MR) is 101 cm³/mol. The van der Waals surface area contributed by atoms with E-state index in [2.05, 4.69) is 24.9 Å². The number of nitrogens with zero attached hydrogens (tertiary/aromatic N) is 2. The molecule has 1 amide bonds.